The van der Waals surface area contributed by atoms with Crippen molar-refractivity contribution in [2.45, 2.75) is 39.2 Å². The molecule has 3 heterocycles. The summed E-state index contributed by atoms with van der Waals surface area (Å²) in [7, 11) is 2.18. The molecule has 1 saturated heterocycles. The molecule has 0 atom stereocenters. The lowest BCUT2D eigenvalue weighted by Crippen LogP contribution is -2.31. The summed E-state index contributed by atoms with van der Waals surface area (Å²) >= 11 is 7.78. The molecule has 0 radical (unpaired) electrons. The van der Waals surface area contributed by atoms with Crippen molar-refractivity contribution in [3.8, 4) is 21.7 Å². The topological polar surface area (TPSA) is 71.2 Å². The van der Waals surface area contributed by atoms with Crippen molar-refractivity contribution in [1.29, 1.82) is 0 Å². The van der Waals surface area contributed by atoms with Crippen molar-refractivity contribution in [2.24, 2.45) is 0 Å². The number of carboxylic acids is 1. The van der Waals surface area contributed by atoms with E-state index in [2.05, 4.69) is 41.6 Å². The number of nitrogens with zero attached hydrogens (tertiary/aromatic N) is 4. The third kappa shape index (κ3) is 4.49. The molecule has 0 bridgehead atoms. The van der Waals surface area contributed by atoms with Gasteiger partial charge in [0.2, 0.25) is 0 Å². The van der Waals surface area contributed by atoms with Crippen LogP contribution in [0.2, 0.25) is 5.02 Å². The highest BCUT2D eigenvalue weighted by Gasteiger charge is 2.23. The monoisotopic (exact) mass is 544 g/mol. The average molecular weight is 545 g/mol. The molecule has 1 fully saturated rings. The van der Waals surface area contributed by atoms with Gasteiger partial charge in [-0.3, -0.25) is 4.79 Å². The number of hydrogen-bond donors (Lipinski definition) is 1. The summed E-state index contributed by atoms with van der Waals surface area (Å²) < 4.78 is 3.40. The Bertz CT molecular complexity index is 1680. The zero-order valence-electron chi connectivity index (χ0n) is 21.7. The van der Waals surface area contributed by atoms with E-state index < -0.39 is 5.97 Å². The maximum Gasteiger partial charge on any atom is 0.307 e. The molecule has 194 valence electrons. The van der Waals surface area contributed by atoms with Gasteiger partial charge in [-0.05, 0) is 99.9 Å². The summed E-state index contributed by atoms with van der Waals surface area (Å²) in [5.41, 5.74) is 7.69. The van der Waals surface area contributed by atoms with Crippen LogP contribution in [-0.2, 0) is 11.2 Å². The summed E-state index contributed by atoms with van der Waals surface area (Å²) in [6.45, 7) is 6.24. The Morgan fingerprint density at radius 1 is 1.03 bits per heavy atom. The van der Waals surface area contributed by atoms with Crippen LogP contribution in [0.15, 0.2) is 48.5 Å². The molecule has 5 aromatic rings. The number of aromatic nitrogens is 3. The van der Waals surface area contributed by atoms with E-state index in [1.54, 1.807) is 11.3 Å². The van der Waals surface area contributed by atoms with Gasteiger partial charge in [0, 0.05) is 22.2 Å². The van der Waals surface area contributed by atoms with Gasteiger partial charge < -0.3 is 14.6 Å². The minimum atomic E-state index is -0.851. The summed E-state index contributed by atoms with van der Waals surface area (Å²) in [6, 6.07) is 16.5. The Balaban J connectivity index is 1.50. The highest BCUT2D eigenvalue weighted by atomic mass is 35.5. The molecule has 6 rings (SSSR count). The number of halogens is 1. The van der Waals surface area contributed by atoms with Gasteiger partial charge in [0.05, 0.1) is 27.7 Å². The second-order valence-corrected chi connectivity index (χ2v) is 11.7. The van der Waals surface area contributed by atoms with Gasteiger partial charge in [-0.25, -0.2) is 9.97 Å². The van der Waals surface area contributed by atoms with Gasteiger partial charge in [0.1, 0.15) is 10.8 Å². The van der Waals surface area contributed by atoms with Crippen LogP contribution in [0, 0.1) is 13.8 Å². The molecule has 1 aliphatic rings. The average Bonchev–Trinajstić information content (AvgIpc) is 3.45. The number of carbonyl (C=O) groups is 1. The van der Waals surface area contributed by atoms with Crippen molar-refractivity contribution in [3.05, 3.63) is 70.5 Å². The van der Waals surface area contributed by atoms with Gasteiger partial charge in [-0.2, -0.15) is 0 Å². The van der Waals surface area contributed by atoms with Gasteiger partial charge in [-0.1, -0.05) is 23.7 Å². The van der Waals surface area contributed by atoms with Crippen molar-refractivity contribution in [1.82, 2.24) is 19.4 Å². The Kier molecular flexibility index (Phi) is 6.46. The summed E-state index contributed by atoms with van der Waals surface area (Å²) in [6.07, 6.45) is 2.18. The van der Waals surface area contributed by atoms with Crippen LogP contribution < -0.4 is 0 Å². The quantitative estimate of drug-likeness (QED) is 0.254. The van der Waals surface area contributed by atoms with E-state index in [-0.39, 0.29) is 6.42 Å². The Hall–Kier alpha value is -3.26. The molecule has 2 aromatic heterocycles. The normalized spacial score (nSPS) is 15.1. The molecule has 0 unspecified atom stereocenters. The van der Waals surface area contributed by atoms with E-state index in [0.29, 0.717) is 11.1 Å². The zero-order chi connectivity index (χ0) is 26.6. The third-order valence-corrected chi connectivity index (χ3v) is 9.03. The number of aryl methyl sites for hydroxylation is 2. The molecule has 1 N–H and O–H groups in total. The van der Waals surface area contributed by atoms with Crippen LogP contribution in [0.4, 0.5) is 0 Å². The number of carboxylic acid groups (broad SMARTS) is 1. The number of rotatable bonds is 5. The van der Waals surface area contributed by atoms with Crippen LogP contribution in [0.5, 0.6) is 0 Å². The van der Waals surface area contributed by atoms with Gasteiger partial charge in [-0.15, -0.1) is 11.3 Å². The van der Waals surface area contributed by atoms with Crippen molar-refractivity contribution < 1.29 is 9.90 Å². The molecule has 0 aliphatic carbocycles. The fourth-order valence-corrected chi connectivity index (χ4v) is 6.98. The van der Waals surface area contributed by atoms with E-state index in [1.165, 1.54) is 0 Å². The molecule has 1 aliphatic heterocycles. The molecule has 8 heteroatoms. The fraction of sp³-hybridized carbons (Fsp3) is 0.300. The second-order valence-electron chi connectivity index (χ2n) is 10.3. The largest absolute Gasteiger partial charge is 0.481 e. The number of piperidine rings is 1. The molecular weight excluding hydrogens is 516 g/mol. The minimum absolute atomic E-state index is 0.0477. The summed E-state index contributed by atoms with van der Waals surface area (Å²) in [5.74, 6) is 0.199. The Morgan fingerprint density at radius 3 is 2.45 bits per heavy atom. The molecule has 0 saturated carbocycles. The van der Waals surface area contributed by atoms with Crippen molar-refractivity contribution in [2.75, 3.05) is 20.1 Å². The van der Waals surface area contributed by atoms with Crippen molar-refractivity contribution in [3.63, 3.8) is 0 Å². The van der Waals surface area contributed by atoms with Crippen molar-refractivity contribution >= 4 is 50.2 Å². The molecule has 3 aromatic carbocycles. The first kappa shape index (κ1) is 25.0. The van der Waals surface area contributed by atoms with Crippen LogP contribution in [0.3, 0.4) is 0 Å². The number of thiazole rings is 1. The number of imidazole rings is 1. The molecule has 0 spiro atoms. The summed E-state index contributed by atoms with van der Waals surface area (Å²) in [4.78, 5) is 24.1. The number of benzene rings is 3. The lowest BCUT2D eigenvalue weighted by atomic mass is 9.93. The first-order chi connectivity index (χ1) is 18.3. The standard InChI is InChI=1S/C30H29ClN4O2S/c1-17-14-25-29(28(23(17)16-27(36)37)19-4-7-21(31)8-5-19)38-30(33-25)20-6-9-24-26(15-20)35(18(2)32-24)22-10-12-34(3)13-11-22/h4-9,14-15,22H,10-13,16H2,1-3H3,(H,36,37). The van der Waals surface area contributed by atoms with Crippen LogP contribution in [0.1, 0.15) is 35.8 Å². The predicted molar refractivity (Wildman–Crippen MR) is 155 cm³/mol. The van der Waals surface area contributed by atoms with Gasteiger partial charge >= 0.3 is 5.97 Å². The first-order valence-corrected chi connectivity index (χ1v) is 14.1. The SMILES string of the molecule is Cc1cc2nc(-c3ccc4nc(C)n(C5CCN(C)CC5)c4c3)sc2c(-c2ccc(Cl)cc2)c1CC(=O)O. The van der Waals surface area contributed by atoms with Crippen LogP contribution in [-0.4, -0.2) is 50.6 Å². The van der Waals surface area contributed by atoms with E-state index in [4.69, 9.17) is 21.6 Å². The molecule has 38 heavy (non-hydrogen) atoms. The van der Waals surface area contributed by atoms with E-state index in [0.717, 1.165) is 85.8 Å². The van der Waals surface area contributed by atoms with Gasteiger partial charge in [0.25, 0.3) is 0 Å². The maximum atomic E-state index is 11.8. The molecular formula is C30H29ClN4O2S. The highest BCUT2D eigenvalue weighted by molar-refractivity contribution is 7.22. The minimum Gasteiger partial charge on any atom is -0.481 e. The maximum absolute atomic E-state index is 11.8. The van der Waals surface area contributed by atoms with E-state index in [1.807, 2.05) is 37.3 Å². The Morgan fingerprint density at radius 2 is 1.74 bits per heavy atom. The molecule has 0 amide bonds. The lowest BCUT2D eigenvalue weighted by molar-refractivity contribution is -0.136. The molecule has 6 nitrogen and oxygen atoms in total. The second kappa shape index (κ2) is 9.80. The third-order valence-electron chi connectivity index (χ3n) is 7.64. The van der Waals surface area contributed by atoms with Crippen LogP contribution in [0.25, 0.3) is 42.9 Å². The number of aliphatic carboxylic acids is 1. The summed E-state index contributed by atoms with van der Waals surface area (Å²) in [5, 5.41) is 11.2. The number of likely N-dealkylation sites (tertiary alicyclic amines) is 1. The van der Waals surface area contributed by atoms with E-state index in [9.17, 15) is 9.90 Å². The van der Waals surface area contributed by atoms with Gasteiger partial charge in [0.15, 0.2) is 0 Å². The first-order valence-electron chi connectivity index (χ1n) is 12.9. The number of fused-ring (bicyclic) bond motifs is 2. The number of hydrogen-bond acceptors (Lipinski definition) is 5. The fourth-order valence-electron chi connectivity index (χ4n) is 5.72. The van der Waals surface area contributed by atoms with E-state index >= 15 is 0 Å². The lowest BCUT2D eigenvalue weighted by Gasteiger charge is -2.30. The zero-order valence-corrected chi connectivity index (χ0v) is 23.2. The van der Waals surface area contributed by atoms with Crippen LogP contribution >= 0.6 is 22.9 Å². The predicted octanol–water partition coefficient (Wildman–Crippen LogP) is 7.14. The Labute approximate surface area is 230 Å². The smallest absolute Gasteiger partial charge is 0.307 e. The highest BCUT2D eigenvalue weighted by Crippen LogP contribution is 2.42.